The SMILES string of the molecule is CCCCCCCN(C(=O)C(C)NC(=O)OC(C)(C)C)C(C(=O)Nc1ccc2ccccc2c1)c1ccc(O)cc1. The molecule has 3 aromatic carbocycles. The molecular weight excluding hydrogens is 518 g/mol. The van der Waals surface area contributed by atoms with Crippen molar-refractivity contribution >= 4 is 34.4 Å². The van der Waals surface area contributed by atoms with Crippen molar-refractivity contribution in [3.8, 4) is 5.75 Å². The minimum atomic E-state index is -0.997. The highest BCUT2D eigenvalue weighted by molar-refractivity contribution is 6.00. The maximum absolute atomic E-state index is 14.0. The summed E-state index contributed by atoms with van der Waals surface area (Å²) in [6, 6.07) is 17.9. The monoisotopic (exact) mass is 561 g/mol. The van der Waals surface area contributed by atoms with Gasteiger partial charge in [0.1, 0.15) is 23.4 Å². The van der Waals surface area contributed by atoms with E-state index in [0.717, 1.165) is 36.5 Å². The Bertz CT molecular complexity index is 1320. The highest BCUT2D eigenvalue weighted by atomic mass is 16.6. The van der Waals surface area contributed by atoms with E-state index in [1.165, 1.54) is 17.0 Å². The summed E-state index contributed by atoms with van der Waals surface area (Å²) in [5, 5.41) is 17.6. The number of hydrogen-bond acceptors (Lipinski definition) is 5. The van der Waals surface area contributed by atoms with E-state index >= 15 is 0 Å². The number of aromatic hydroxyl groups is 1. The number of fused-ring (bicyclic) bond motifs is 1. The lowest BCUT2D eigenvalue weighted by Gasteiger charge is -2.34. The fraction of sp³-hybridized carbons (Fsp3) is 0.424. The van der Waals surface area contributed by atoms with Crippen LogP contribution in [0, 0.1) is 0 Å². The topological polar surface area (TPSA) is 108 Å². The van der Waals surface area contributed by atoms with Crippen LogP contribution in [0.1, 0.15) is 78.3 Å². The van der Waals surface area contributed by atoms with Crippen molar-refractivity contribution in [1.82, 2.24) is 10.2 Å². The van der Waals surface area contributed by atoms with Crippen LogP contribution in [0.2, 0.25) is 0 Å². The molecule has 0 aromatic heterocycles. The number of phenols is 1. The molecule has 0 aliphatic carbocycles. The Morgan fingerprint density at radius 1 is 0.902 bits per heavy atom. The van der Waals surface area contributed by atoms with Crippen LogP contribution in [0.3, 0.4) is 0 Å². The summed E-state index contributed by atoms with van der Waals surface area (Å²) in [6.07, 6.45) is 4.10. The molecule has 41 heavy (non-hydrogen) atoms. The lowest BCUT2D eigenvalue weighted by atomic mass is 10.0. The van der Waals surface area contributed by atoms with Crippen LogP contribution in [0.5, 0.6) is 5.75 Å². The smallest absolute Gasteiger partial charge is 0.408 e. The first-order valence-electron chi connectivity index (χ1n) is 14.4. The average Bonchev–Trinajstić information content (AvgIpc) is 2.91. The summed E-state index contributed by atoms with van der Waals surface area (Å²) in [4.78, 5) is 41.9. The normalized spacial score (nSPS) is 12.8. The van der Waals surface area contributed by atoms with Gasteiger partial charge in [0.15, 0.2) is 0 Å². The van der Waals surface area contributed by atoms with Crippen LogP contribution in [-0.4, -0.2) is 46.1 Å². The molecule has 3 N–H and O–H groups in total. The van der Waals surface area contributed by atoms with Gasteiger partial charge in [0.2, 0.25) is 5.91 Å². The number of rotatable bonds is 12. The first kappa shape index (κ1) is 31.5. The summed E-state index contributed by atoms with van der Waals surface area (Å²) in [5.41, 5.74) is 0.431. The molecule has 0 aliphatic rings. The van der Waals surface area contributed by atoms with Crippen LogP contribution in [-0.2, 0) is 14.3 Å². The molecule has 2 unspecified atom stereocenters. The highest BCUT2D eigenvalue weighted by Gasteiger charge is 2.34. The zero-order valence-corrected chi connectivity index (χ0v) is 24.8. The summed E-state index contributed by atoms with van der Waals surface area (Å²) in [5.74, 6) is -0.740. The van der Waals surface area contributed by atoms with Gasteiger partial charge in [-0.15, -0.1) is 0 Å². The predicted octanol–water partition coefficient (Wildman–Crippen LogP) is 6.94. The molecular formula is C33H43N3O5. The number of amides is 3. The van der Waals surface area contributed by atoms with Crippen LogP contribution in [0.4, 0.5) is 10.5 Å². The number of carbonyl (C=O) groups is 3. The quantitative estimate of drug-likeness (QED) is 0.208. The number of alkyl carbamates (subject to hydrolysis) is 1. The van der Waals surface area contributed by atoms with E-state index in [9.17, 15) is 19.5 Å². The molecule has 220 valence electrons. The number of unbranched alkanes of at least 4 members (excludes halogenated alkanes) is 4. The second-order valence-corrected chi connectivity index (χ2v) is 11.4. The third-order valence-electron chi connectivity index (χ3n) is 6.68. The van der Waals surface area contributed by atoms with Crippen molar-refractivity contribution in [2.45, 2.75) is 84.4 Å². The van der Waals surface area contributed by atoms with E-state index < -0.39 is 35.6 Å². The number of nitrogens with one attached hydrogen (secondary N) is 2. The maximum Gasteiger partial charge on any atom is 0.408 e. The van der Waals surface area contributed by atoms with Crippen LogP contribution < -0.4 is 10.6 Å². The third kappa shape index (κ3) is 9.52. The molecule has 2 atom stereocenters. The third-order valence-corrected chi connectivity index (χ3v) is 6.68. The van der Waals surface area contributed by atoms with Gasteiger partial charge in [-0.2, -0.15) is 0 Å². The lowest BCUT2D eigenvalue weighted by Crippen LogP contribution is -2.51. The van der Waals surface area contributed by atoms with Gasteiger partial charge in [0.25, 0.3) is 5.91 Å². The highest BCUT2D eigenvalue weighted by Crippen LogP contribution is 2.28. The predicted molar refractivity (Wildman–Crippen MR) is 163 cm³/mol. The maximum atomic E-state index is 14.0. The average molecular weight is 562 g/mol. The van der Waals surface area contributed by atoms with Crippen LogP contribution >= 0.6 is 0 Å². The van der Waals surface area contributed by atoms with Crippen molar-refractivity contribution in [3.63, 3.8) is 0 Å². The van der Waals surface area contributed by atoms with Gasteiger partial charge in [0.05, 0.1) is 0 Å². The summed E-state index contributed by atoms with van der Waals surface area (Å²) in [7, 11) is 0. The zero-order valence-electron chi connectivity index (χ0n) is 24.8. The lowest BCUT2D eigenvalue weighted by molar-refractivity contribution is -0.140. The fourth-order valence-electron chi connectivity index (χ4n) is 4.65. The number of benzene rings is 3. The Hall–Kier alpha value is -4.07. The minimum Gasteiger partial charge on any atom is -0.508 e. The van der Waals surface area contributed by atoms with Gasteiger partial charge in [0, 0.05) is 12.2 Å². The van der Waals surface area contributed by atoms with Gasteiger partial charge in [-0.25, -0.2) is 4.79 Å². The molecule has 3 amide bonds. The number of hydrogen-bond donors (Lipinski definition) is 3. The van der Waals surface area contributed by atoms with Crippen LogP contribution in [0.15, 0.2) is 66.7 Å². The van der Waals surface area contributed by atoms with Crippen molar-refractivity contribution in [2.24, 2.45) is 0 Å². The minimum absolute atomic E-state index is 0.0554. The molecule has 8 heteroatoms. The largest absolute Gasteiger partial charge is 0.508 e. The number of phenolic OH excluding ortho intramolecular Hbond substituents is 1. The van der Waals surface area contributed by atoms with E-state index in [1.54, 1.807) is 39.8 Å². The van der Waals surface area contributed by atoms with Crippen molar-refractivity contribution in [1.29, 1.82) is 0 Å². The Labute approximate surface area is 243 Å². The number of nitrogens with zero attached hydrogens (tertiary/aromatic N) is 1. The van der Waals surface area contributed by atoms with Gasteiger partial charge in [-0.3, -0.25) is 9.59 Å². The van der Waals surface area contributed by atoms with E-state index in [4.69, 9.17) is 4.74 Å². The molecule has 0 radical (unpaired) electrons. The number of ether oxygens (including phenoxy) is 1. The Morgan fingerprint density at radius 3 is 2.22 bits per heavy atom. The van der Waals surface area contributed by atoms with Gasteiger partial charge in [-0.1, -0.05) is 75.1 Å². The second kappa shape index (κ2) is 14.5. The van der Waals surface area contributed by atoms with Gasteiger partial charge in [-0.05, 0) is 74.7 Å². The van der Waals surface area contributed by atoms with E-state index in [0.29, 0.717) is 24.2 Å². The molecule has 0 saturated carbocycles. The van der Waals surface area contributed by atoms with E-state index in [1.807, 2.05) is 42.5 Å². The molecule has 0 spiro atoms. The molecule has 3 rings (SSSR count). The van der Waals surface area contributed by atoms with E-state index in [2.05, 4.69) is 17.6 Å². The standard InChI is InChI=1S/C33H43N3O5/c1-6-7-8-9-12-21-36(31(39)23(2)34-32(40)41-33(3,4)5)29(25-16-19-28(37)20-17-25)30(38)35-27-18-15-24-13-10-11-14-26(24)22-27/h10-11,13-20,22-23,29,37H,6-9,12,21H2,1-5H3,(H,34,40)(H,35,38). The van der Waals surface area contributed by atoms with E-state index in [-0.39, 0.29) is 5.75 Å². The first-order chi connectivity index (χ1) is 19.5. The molecule has 3 aromatic rings. The summed E-state index contributed by atoms with van der Waals surface area (Å²) in [6.45, 7) is 9.29. The van der Waals surface area contributed by atoms with Crippen molar-refractivity contribution in [3.05, 3.63) is 72.3 Å². The number of anilines is 1. The molecule has 0 bridgehead atoms. The van der Waals surface area contributed by atoms with Gasteiger partial charge < -0.3 is 25.4 Å². The molecule has 0 saturated heterocycles. The second-order valence-electron chi connectivity index (χ2n) is 11.4. The number of carbonyl (C=O) groups excluding carboxylic acids is 3. The zero-order chi connectivity index (χ0) is 30.0. The van der Waals surface area contributed by atoms with Crippen LogP contribution in [0.25, 0.3) is 10.8 Å². The summed E-state index contributed by atoms with van der Waals surface area (Å²) >= 11 is 0. The van der Waals surface area contributed by atoms with Crippen molar-refractivity contribution < 1.29 is 24.2 Å². The Kier molecular flexibility index (Phi) is 11.1. The van der Waals surface area contributed by atoms with Gasteiger partial charge >= 0.3 is 6.09 Å². The molecule has 0 fully saturated rings. The first-order valence-corrected chi connectivity index (χ1v) is 14.4. The Balaban J connectivity index is 1.93. The summed E-state index contributed by atoms with van der Waals surface area (Å²) < 4.78 is 5.36. The fourth-order valence-corrected chi connectivity index (χ4v) is 4.65. The molecule has 0 heterocycles. The molecule has 8 nitrogen and oxygen atoms in total. The molecule has 0 aliphatic heterocycles. The Morgan fingerprint density at radius 2 is 1.56 bits per heavy atom. The van der Waals surface area contributed by atoms with Crippen molar-refractivity contribution in [2.75, 3.05) is 11.9 Å².